The Bertz CT molecular complexity index is 1320. The zero-order valence-corrected chi connectivity index (χ0v) is 19.8. The van der Waals surface area contributed by atoms with Crippen molar-refractivity contribution in [3.63, 3.8) is 0 Å². The van der Waals surface area contributed by atoms with Crippen LogP contribution in [0.4, 0.5) is 9.52 Å². The zero-order valence-electron chi connectivity index (χ0n) is 19.0. The predicted octanol–water partition coefficient (Wildman–Crippen LogP) is 4.97. The van der Waals surface area contributed by atoms with Gasteiger partial charge in [0, 0.05) is 26.2 Å². The number of benzene rings is 3. The third-order valence-electron chi connectivity index (χ3n) is 5.98. The minimum Gasteiger partial charge on any atom is -0.493 e. The maximum atomic E-state index is 14.4. The summed E-state index contributed by atoms with van der Waals surface area (Å²) < 4.78 is 26.5. The number of anilines is 1. The number of fused-ring (bicyclic) bond motifs is 2. The quantitative estimate of drug-likeness (QED) is 0.375. The van der Waals surface area contributed by atoms with Crippen molar-refractivity contribution in [3.05, 3.63) is 66.0 Å². The molecular weight excluding hydrogens is 453 g/mol. The first kappa shape index (κ1) is 22.7. The van der Waals surface area contributed by atoms with E-state index in [9.17, 15) is 9.18 Å². The lowest BCUT2D eigenvalue weighted by atomic mass is 10.0. The summed E-state index contributed by atoms with van der Waals surface area (Å²) in [7, 11) is 0. The van der Waals surface area contributed by atoms with Crippen LogP contribution in [0.15, 0.2) is 54.6 Å². The lowest BCUT2D eigenvalue weighted by Crippen LogP contribution is -2.43. The van der Waals surface area contributed by atoms with Crippen LogP contribution >= 0.6 is 11.3 Å². The lowest BCUT2D eigenvalue weighted by molar-refractivity contribution is 0.0391. The molecule has 1 aromatic heterocycles. The summed E-state index contributed by atoms with van der Waals surface area (Å²) in [4.78, 5) is 22.6. The normalized spacial score (nSPS) is 14.5. The van der Waals surface area contributed by atoms with Crippen LogP contribution in [-0.2, 0) is 4.74 Å². The van der Waals surface area contributed by atoms with Crippen LogP contribution in [0.3, 0.4) is 0 Å². The lowest BCUT2D eigenvalue weighted by Gasteiger charge is -2.29. The fourth-order valence-electron chi connectivity index (χ4n) is 4.25. The molecular formula is C26H26FN3O3S. The van der Waals surface area contributed by atoms with Gasteiger partial charge in [0.05, 0.1) is 30.1 Å². The van der Waals surface area contributed by atoms with Crippen molar-refractivity contribution in [3.8, 4) is 5.75 Å². The monoisotopic (exact) mass is 479 g/mol. The molecule has 1 fully saturated rings. The van der Waals surface area contributed by atoms with Gasteiger partial charge in [-0.25, -0.2) is 9.37 Å². The fourth-order valence-corrected chi connectivity index (χ4v) is 5.26. The maximum absolute atomic E-state index is 14.4. The van der Waals surface area contributed by atoms with Crippen molar-refractivity contribution >= 4 is 43.4 Å². The maximum Gasteiger partial charge on any atom is 0.264 e. The average molecular weight is 480 g/mol. The highest BCUT2D eigenvalue weighted by Crippen LogP contribution is 2.34. The van der Waals surface area contributed by atoms with Crippen LogP contribution < -0.4 is 9.64 Å². The summed E-state index contributed by atoms with van der Waals surface area (Å²) in [5.74, 6) is -0.0522. The number of carbonyl (C=O) groups is 1. The first-order valence-electron chi connectivity index (χ1n) is 11.5. The van der Waals surface area contributed by atoms with Gasteiger partial charge in [-0.3, -0.25) is 14.6 Å². The van der Waals surface area contributed by atoms with Crippen molar-refractivity contribution in [2.75, 3.05) is 50.9 Å². The number of hydrogen-bond acceptors (Lipinski definition) is 6. The van der Waals surface area contributed by atoms with Gasteiger partial charge >= 0.3 is 0 Å². The average Bonchev–Trinajstić information content (AvgIpc) is 3.30. The van der Waals surface area contributed by atoms with Gasteiger partial charge in [0.25, 0.3) is 5.91 Å². The molecule has 5 rings (SSSR count). The molecule has 176 valence electrons. The minimum atomic E-state index is -0.388. The Labute approximate surface area is 201 Å². The second-order valence-electron chi connectivity index (χ2n) is 8.09. The number of nitrogens with zero attached hydrogens (tertiary/aromatic N) is 3. The van der Waals surface area contributed by atoms with Crippen LogP contribution in [0, 0.1) is 5.82 Å². The number of halogens is 1. The summed E-state index contributed by atoms with van der Waals surface area (Å²) in [6.45, 7) is 6.42. The van der Waals surface area contributed by atoms with Gasteiger partial charge in [0.2, 0.25) is 0 Å². The largest absolute Gasteiger partial charge is 0.493 e. The van der Waals surface area contributed by atoms with E-state index in [-0.39, 0.29) is 17.2 Å². The van der Waals surface area contributed by atoms with Gasteiger partial charge in [0.15, 0.2) is 5.13 Å². The van der Waals surface area contributed by atoms with E-state index in [1.807, 2.05) is 49.4 Å². The summed E-state index contributed by atoms with van der Waals surface area (Å²) in [5.41, 5.74) is 0.788. The first-order valence-corrected chi connectivity index (χ1v) is 12.3. The van der Waals surface area contributed by atoms with Gasteiger partial charge in [-0.05, 0) is 35.9 Å². The molecule has 0 unspecified atom stereocenters. The third-order valence-corrected chi connectivity index (χ3v) is 7.03. The number of carbonyl (C=O) groups excluding carboxylic acids is 1. The molecule has 0 N–H and O–H groups in total. The second-order valence-corrected chi connectivity index (χ2v) is 9.10. The van der Waals surface area contributed by atoms with Crippen molar-refractivity contribution in [2.24, 2.45) is 0 Å². The molecule has 1 aliphatic heterocycles. The summed E-state index contributed by atoms with van der Waals surface area (Å²) >= 11 is 1.32. The molecule has 6 nitrogen and oxygen atoms in total. The van der Waals surface area contributed by atoms with Crippen LogP contribution in [0.25, 0.3) is 21.0 Å². The van der Waals surface area contributed by atoms with Crippen LogP contribution in [0.2, 0.25) is 0 Å². The van der Waals surface area contributed by atoms with Gasteiger partial charge < -0.3 is 9.47 Å². The van der Waals surface area contributed by atoms with Crippen molar-refractivity contribution < 1.29 is 18.7 Å². The SMILES string of the molecule is CCOc1ccc2ccccc2c1C(=O)N(CCN1CCOCC1)c1nc2c(F)cccc2s1. The second kappa shape index (κ2) is 10.0. The summed E-state index contributed by atoms with van der Waals surface area (Å²) in [6, 6.07) is 16.5. The number of amides is 1. The Morgan fingerprint density at radius 3 is 2.76 bits per heavy atom. The molecule has 8 heteroatoms. The van der Waals surface area contributed by atoms with Crippen molar-refractivity contribution in [1.82, 2.24) is 9.88 Å². The van der Waals surface area contributed by atoms with Crippen LogP contribution in [0.1, 0.15) is 17.3 Å². The van der Waals surface area contributed by atoms with Crippen molar-refractivity contribution in [1.29, 1.82) is 0 Å². The Kier molecular flexibility index (Phi) is 6.71. The molecule has 4 aromatic rings. The van der Waals surface area contributed by atoms with E-state index in [2.05, 4.69) is 9.88 Å². The molecule has 1 aliphatic rings. The number of ether oxygens (including phenoxy) is 2. The Balaban J connectivity index is 1.58. The zero-order chi connectivity index (χ0) is 23.5. The highest BCUT2D eigenvalue weighted by Gasteiger charge is 2.27. The predicted molar refractivity (Wildman–Crippen MR) is 134 cm³/mol. The molecule has 0 spiro atoms. The number of para-hydroxylation sites is 1. The first-order chi connectivity index (χ1) is 16.7. The molecule has 0 aliphatic carbocycles. The Hall–Kier alpha value is -3.07. The van der Waals surface area contributed by atoms with Gasteiger partial charge in [-0.15, -0.1) is 0 Å². The smallest absolute Gasteiger partial charge is 0.264 e. The minimum absolute atomic E-state index is 0.201. The summed E-state index contributed by atoms with van der Waals surface area (Å²) in [6.07, 6.45) is 0. The van der Waals surface area contributed by atoms with Gasteiger partial charge in [-0.2, -0.15) is 0 Å². The van der Waals surface area contributed by atoms with Gasteiger partial charge in [0.1, 0.15) is 17.1 Å². The van der Waals surface area contributed by atoms with E-state index in [0.29, 0.717) is 54.1 Å². The van der Waals surface area contributed by atoms with E-state index in [1.54, 1.807) is 11.0 Å². The molecule has 1 saturated heterocycles. The number of thiazole rings is 1. The van der Waals surface area contributed by atoms with Gasteiger partial charge in [-0.1, -0.05) is 47.7 Å². The number of rotatable bonds is 7. The van der Waals surface area contributed by atoms with Crippen LogP contribution in [0.5, 0.6) is 5.75 Å². The summed E-state index contributed by atoms with van der Waals surface area (Å²) in [5, 5.41) is 2.26. The molecule has 34 heavy (non-hydrogen) atoms. The fraction of sp³-hybridized carbons (Fsp3) is 0.308. The standard InChI is InChI=1S/C26H26FN3O3S/c1-2-33-21-11-10-18-6-3-4-7-19(18)23(21)25(31)30(13-12-29-14-16-32-17-15-29)26-28-24-20(27)8-5-9-22(24)34-26/h3-11H,2,12-17H2,1H3. The topological polar surface area (TPSA) is 54.9 Å². The van der Waals surface area contributed by atoms with Crippen LogP contribution in [-0.4, -0.2) is 61.8 Å². The van der Waals surface area contributed by atoms with E-state index in [1.165, 1.54) is 17.4 Å². The Morgan fingerprint density at radius 2 is 1.97 bits per heavy atom. The number of aromatic nitrogens is 1. The highest BCUT2D eigenvalue weighted by molar-refractivity contribution is 7.22. The Morgan fingerprint density at radius 1 is 1.15 bits per heavy atom. The van der Waals surface area contributed by atoms with Crippen molar-refractivity contribution in [2.45, 2.75) is 6.92 Å². The molecule has 0 saturated carbocycles. The van der Waals surface area contributed by atoms with E-state index in [0.717, 1.165) is 23.9 Å². The molecule has 3 aromatic carbocycles. The molecule has 0 bridgehead atoms. The van der Waals surface area contributed by atoms with E-state index < -0.39 is 0 Å². The molecule has 1 amide bonds. The molecule has 2 heterocycles. The third kappa shape index (κ3) is 4.49. The van der Waals surface area contributed by atoms with E-state index in [4.69, 9.17) is 9.47 Å². The van der Waals surface area contributed by atoms with E-state index >= 15 is 0 Å². The molecule has 0 radical (unpaired) electrons. The number of hydrogen-bond donors (Lipinski definition) is 0. The highest BCUT2D eigenvalue weighted by atomic mass is 32.1. The number of morpholine rings is 1. The molecule has 0 atom stereocenters.